The van der Waals surface area contributed by atoms with Crippen LogP contribution < -0.4 is 15.4 Å². The van der Waals surface area contributed by atoms with Gasteiger partial charge in [0.1, 0.15) is 5.75 Å². The van der Waals surface area contributed by atoms with E-state index in [1.807, 2.05) is 18.2 Å². The molecule has 6 nitrogen and oxygen atoms in total. The highest BCUT2D eigenvalue weighted by atomic mass is 16.5. The van der Waals surface area contributed by atoms with Crippen LogP contribution >= 0.6 is 0 Å². The second-order valence-corrected chi connectivity index (χ2v) is 8.92. The molecule has 0 radical (unpaired) electrons. The van der Waals surface area contributed by atoms with Crippen molar-refractivity contribution in [1.82, 2.24) is 20.4 Å². The first-order valence-electron chi connectivity index (χ1n) is 11.1. The maximum atomic E-state index is 12.6. The van der Waals surface area contributed by atoms with Gasteiger partial charge in [-0.05, 0) is 71.8 Å². The van der Waals surface area contributed by atoms with Crippen molar-refractivity contribution in [2.24, 2.45) is 0 Å². The molecular weight excluding hydrogens is 364 g/mol. The van der Waals surface area contributed by atoms with E-state index in [1.165, 1.54) is 32.1 Å². The summed E-state index contributed by atoms with van der Waals surface area (Å²) >= 11 is 0. The average Bonchev–Trinajstić information content (AvgIpc) is 3.28. The van der Waals surface area contributed by atoms with Crippen molar-refractivity contribution in [2.45, 2.75) is 57.5 Å². The minimum Gasteiger partial charge on any atom is -0.496 e. The van der Waals surface area contributed by atoms with E-state index in [9.17, 15) is 4.79 Å². The fourth-order valence-corrected chi connectivity index (χ4v) is 4.59. The zero-order valence-electron chi connectivity index (χ0n) is 18.4. The molecule has 2 amide bonds. The van der Waals surface area contributed by atoms with Crippen molar-refractivity contribution in [3.8, 4) is 5.75 Å². The van der Waals surface area contributed by atoms with E-state index in [1.54, 1.807) is 7.11 Å². The summed E-state index contributed by atoms with van der Waals surface area (Å²) < 4.78 is 5.59. The normalized spacial score (nSPS) is 19.7. The van der Waals surface area contributed by atoms with Gasteiger partial charge in [0, 0.05) is 24.2 Å². The molecule has 0 saturated carbocycles. The third kappa shape index (κ3) is 5.86. The molecule has 2 heterocycles. The second-order valence-electron chi connectivity index (χ2n) is 8.92. The monoisotopic (exact) mass is 402 g/mol. The van der Waals surface area contributed by atoms with E-state index in [0.29, 0.717) is 13.1 Å². The smallest absolute Gasteiger partial charge is 0.314 e. The lowest BCUT2D eigenvalue weighted by Gasteiger charge is -2.41. The lowest BCUT2D eigenvalue weighted by atomic mass is 9.98. The van der Waals surface area contributed by atoms with E-state index < -0.39 is 0 Å². The van der Waals surface area contributed by atoms with Gasteiger partial charge < -0.3 is 15.4 Å². The molecule has 0 aromatic heterocycles. The molecule has 2 aliphatic heterocycles. The number of para-hydroxylation sites is 1. The molecular formula is C23H38N4O2. The molecule has 1 aromatic carbocycles. The Morgan fingerprint density at radius 3 is 2.38 bits per heavy atom. The van der Waals surface area contributed by atoms with Gasteiger partial charge in [0.05, 0.1) is 13.2 Å². The number of amides is 2. The number of hydrogen-bond donors (Lipinski definition) is 2. The summed E-state index contributed by atoms with van der Waals surface area (Å²) in [6, 6.07) is 8.19. The molecule has 2 aliphatic rings. The van der Waals surface area contributed by atoms with Crippen LogP contribution in [0.2, 0.25) is 0 Å². The van der Waals surface area contributed by atoms with Crippen LogP contribution in [-0.2, 0) is 0 Å². The van der Waals surface area contributed by atoms with Gasteiger partial charge >= 0.3 is 6.03 Å². The van der Waals surface area contributed by atoms with E-state index in [2.05, 4.69) is 40.3 Å². The zero-order chi connectivity index (χ0) is 20.7. The third-order valence-corrected chi connectivity index (χ3v) is 6.43. The molecule has 0 aliphatic carbocycles. The molecule has 0 spiro atoms. The SMILES string of the molecule is COc1ccccc1C(CNC(=O)NCC(C)(C)N1CCCCC1)N1CCCC1. The second kappa shape index (κ2) is 10.3. The number of rotatable bonds is 8. The van der Waals surface area contributed by atoms with Crippen LogP contribution in [0.15, 0.2) is 24.3 Å². The van der Waals surface area contributed by atoms with Crippen molar-refractivity contribution < 1.29 is 9.53 Å². The number of ether oxygens (including phenoxy) is 1. The highest BCUT2D eigenvalue weighted by Crippen LogP contribution is 2.31. The Balaban J connectivity index is 1.56. The summed E-state index contributed by atoms with van der Waals surface area (Å²) in [6.45, 7) is 10.1. The number of nitrogens with zero attached hydrogens (tertiary/aromatic N) is 2. The van der Waals surface area contributed by atoms with Crippen LogP contribution in [0.1, 0.15) is 57.6 Å². The van der Waals surface area contributed by atoms with Crippen LogP contribution in [0, 0.1) is 0 Å². The van der Waals surface area contributed by atoms with Crippen molar-refractivity contribution in [1.29, 1.82) is 0 Å². The summed E-state index contributed by atoms with van der Waals surface area (Å²) in [4.78, 5) is 17.5. The van der Waals surface area contributed by atoms with Crippen LogP contribution in [0.5, 0.6) is 5.75 Å². The van der Waals surface area contributed by atoms with Gasteiger partial charge in [0.15, 0.2) is 0 Å². The van der Waals surface area contributed by atoms with Crippen molar-refractivity contribution in [3.05, 3.63) is 29.8 Å². The first kappa shape index (κ1) is 21.9. The van der Waals surface area contributed by atoms with Crippen molar-refractivity contribution >= 4 is 6.03 Å². The number of nitrogens with one attached hydrogen (secondary N) is 2. The van der Waals surface area contributed by atoms with Gasteiger partial charge in [-0.15, -0.1) is 0 Å². The first-order valence-corrected chi connectivity index (χ1v) is 11.1. The number of methoxy groups -OCH3 is 1. The average molecular weight is 403 g/mol. The van der Waals surface area contributed by atoms with Gasteiger partial charge in [-0.3, -0.25) is 9.80 Å². The number of urea groups is 1. The Kier molecular flexibility index (Phi) is 7.78. The zero-order valence-corrected chi connectivity index (χ0v) is 18.4. The lowest BCUT2D eigenvalue weighted by molar-refractivity contribution is 0.0959. The molecule has 2 saturated heterocycles. The van der Waals surface area contributed by atoms with E-state index >= 15 is 0 Å². The predicted molar refractivity (Wildman–Crippen MR) is 117 cm³/mol. The highest BCUT2D eigenvalue weighted by Gasteiger charge is 2.29. The van der Waals surface area contributed by atoms with Crippen LogP contribution in [-0.4, -0.2) is 67.7 Å². The molecule has 2 N–H and O–H groups in total. The molecule has 3 rings (SSSR count). The molecule has 2 fully saturated rings. The minimum atomic E-state index is -0.0887. The summed E-state index contributed by atoms with van der Waals surface area (Å²) in [5.41, 5.74) is 1.13. The van der Waals surface area contributed by atoms with E-state index in [4.69, 9.17) is 4.74 Å². The molecule has 1 aromatic rings. The Bertz CT molecular complexity index is 652. The van der Waals surface area contributed by atoms with Crippen molar-refractivity contribution in [3.63, 3.8) is 0 Å². The molecule has 162 valence electrons. The van der Waals surface area contributed by atoms with E-state index in [-0.39, 0.29) is 17.6 Å². The highest BCUT2D eigenvalue weighted by molar-refractivity contribution is 5.74. The predicted octanol–water partition coefficient (Wildman–Crippen LogP) is 3.40. The van der Waals surface area contributed by atoms with Gasteiger partial charge in [-0.1, -0.05) is 24.6 Å². The number of piperidine rings is 1. The Morgan fingerprint density at radius 1 is 1.03 bits per heavy atom. The molecule has 1 atom stereocenters. The minimum absolute atomic E-state index is 0.0191. The first-order chi connectivity index (χ1) is 14.0. The van der Waals surface area contributed by atoms with Gasteiger partial charge in [-0.2, -0.15) is 0 Å². The standard InChI is InChI=1S/C23H38N4O2/c1-23(2,27-15-7-4-8-16-27)18-25-22(28)24-17-20(26-13-9-10-14-26)19-11-5-6-12-21(19)29-3/h5-6,11-12,20H,4,7-10,13-18H2,1-3H3,(H2,24,25,28). The quantitative estimate of drug-likeness (QED) is 0.700. The van der Waals surface area contributed by atoms with Crippen LogP contribution in [0.3, 0.4) is 0 Å². The lowest BCUT2D eigenvalue weighted by Crippen LogP contribution is -2.54. The summed E-state index contributed by atoms with van der Waals surface area (Å²) in [7, 11) is 1.71. The Hall–Kier alpha value is -1.79. The topological polar surface area (TPSA) is 56.8 Å². The summed E-state index contributed by atoms with van der Waals surface area (Å²) in [6.07, 6.45) is 6.25. The number of hydrogen-bond acceptors (Lipinski definition) is 4. The third-order valence-electron chi connectivity index (χ3n) is 6.43. The summed E-state index contributed by atoms with van der Waals surface area (Å²) in [5, 5.41) is 6.22. The largest absolute Gasteiger partial charge is 0.496 e. The maximum Gasteiger partial charge on any atom is 0.314 e. The molecule has 0 bridgehead atoms. The van der Waals surface area contributed by atoms with Crippen molar-refractivity contribution in [2.75, 3.05) is 46.4 Å². The number of carbonyl (C=O) groups excluding carboxylic acids is 1. The maximum absolute atomic E-state index is 12.6. The van der Waals surface area contributed by atoms with Gasteiger partial charge in [0.25, 0.3) is 0 Å². The molecule has 1 unspecified atom stereocenters. The fraction of sp³-hybridized carbons (Fsp3) is 0.696. The number of carbonyl (C=O) groups is 1. The molecule has 29 heavy (non-hydrogen) atoms. The van der Waals surface area contributed by atoms with Crippen LogP contribution in [0.4, 0.5) is 4.79 Å². The number of benzene rings is 1. The van der Waals surface area contributed by atoms with Crippen LogP contribution in [0.25, 0.3) is 0 Å². The molecule has 6 heteroatoms. The Labute approximate surface area is 176 Å². The van der Waals surface area contributed by atoms with Gasteiger partial charge in [-0.25, -0.2) is 4.79 Å². The van der Waals surface area contributed by atoms with E-state index in [0.717, 1.165) is 37.5 Å². The summed E-state index contributed by atoms with van der Waals surface area (Å²) in [5.74, 6) is 0.887. The Morgan fingerprint density at radius 2 is 1.69 bits per heavy atom. The fourth-order valence-electron chi connectivity index (χ4n) is 4.59. The van der Waals surface area contributed by atoms with Gasteiger partial charge in [0.2, 0.25) is 0 Å². The number of likely N-dealkylation sites (tertiary alicyclic amines) is 2.